The van der Waals surface area contributed by atoms with Gasteiger partial charge in [0, 0.05) is 35.0 Å². The molecule has 42 heavy (non-hydrogen) atoms. The maximum atomic E-state index is 13.8. The van der Waals surface area contributed by atoms with E-state index >= 15 is 0 Å². The Morgan fingerprint density at radius 3 is 2.40 bits per heavy atom. The molecule has 5 atom stereocenters. The summed E-state index contributed by atoms with van der Waals surface area (Å²) in [7, 11) is 1.30. The number of para-hydroxylation sites is 1. The molecule has 4 aliphatic carbocycles. The zero-order valence-corrected chi connectivity index (χ0v) is 23.5. The largest absolute Gasteiger partial charge is 0.464 e. The van der Waals surface area contributed by atoms with Crippen molar-refractivity contribution in [3.8, 4) is 5.69 Å². The quantitative estimate of drug-likeness (QED) is 0.336. The first-order valence-corrected chi connectivity index (χ1v) is 14.6. The van der Waals surface area contributed by atoms with Crippen LogP contribution in [0, 0.1) is 17.8 Å². The molecule has 4 saturated carbocycles. The summed E-state index contributed by atoms with van der Waals surface area (Å²) in [5.41, 5.74) is 2.32. The molecular weight excluding hydrogens is 530 g/mol. The number of rotatable bonds is 6. The van der Waals surface area contributed by atoms with Crippen LogP contribution in [0.4, 0.5) is 0 Å². The Kier molecular flexibility index (Phi) is 6.46. The smallest absolute Gasteiger partial charge is 0.355 e. The molecule has 4 bridgehead atoms. The van der Waals surface area contributed by atoms with Gasteiger partial charge in [0.2, 0.25) is 0 Å². The first-order valence-electron chi connectivity index (χ1n) is 14.6. The van der Waals surface area contributed by atoms with Gasteiger partial charge in [-0.25, -0.2) is 9.78 Å². The van der Waals surface area contributed by atoms with Gasteiger partial charge >= 0.3 is 5.97 Å². The lowest BCUT2D eigenvalue weighted by Crippen LogP contribution is -2.63. The molecule has 4 fully saturated rings. The normalized spacial score (nSPS) is 25.9. The highest BCUT2D eigenvalue weighted by Crippen LogP contribution is 2.55. The lowest BCUT2D eigenvalue weighted by atomic mass is 9.51. The molecule has 8 heteroatoms. The lowest BCUT2D eigenvalue weighted by Gasteiger charge is -2.58. The topological polar surface area (TPSA) is 111 Å². The number of esters is 1. The SMILES string of the molecule is COC(=O)c1c(Cc2ccc(C(=O)NC34CC5C[C@H](C3)C(O)[C@@H](C5)C4)cc2)c(=O)c2cccnc2n1-c1ccccc1. The van der Waals surface area contributed by atoms with Crippen LogP contribution in [-0.2, 0) is 11.2 Å². The van der Waals surface area contributed by atoms with Gasteiger partial charge in [0.1, 0.15) is 11.3 Å². The van der Waals surface area contributed by atoms with E-state index in [-0.39, 0.29) is 46.9 Å². The zero-order valence-electron chi connectivity index (χ0n) is 23.5. The summed E-state index contributed by atoms with van der Waals surface area (Å²) >= 11 is 0. The number of amides is 1. The fourth-order valence-electron chi connectivity index (χ4n) is 8.01. The molecular formula is C34H33N3O5. The molecule has 2 aromatic carbocycles. The maximum Gasteiger partial charge on any atom is 0.355 e. The van der Waals surface area contributed by atoms with E-state index in [0.29, 0.717) is 33.8 Å². The molecule has 2 N–H and O–H groups in total. The Hall–Kier alpha value is -4.30. The van der Waals surface area contributed by atoms with Gasteiger partial charge in [-0.3, -0.25) is 14.2 Å². The zero-order chi connectivity index (χ0) is 29.0. The van der Waals surface area contributed by atoms with Gasteiger partial charge in [-0.15, -0.1) is 0 Å². The van der Waals surface area contributed by atoms with Gasteiger partial charge in [-0.1, -0.05) is 30.3 Å². The summed E-state index contributed by atoms with van der Waals surface area (Å²) in [6, 6.07) is 19.9. The molecule has 4 aliphatic rings. The predicted octanol–water partition coefficient (Wildman–Crippen LogP) is 4.43. The second-order valence-corrected chi connectivity index (χ2v) is 12.3. The van der Waals surface area contributed by atoms with Gasteiger partial charge in [-0.2, -0.15) is 0 Å². The minimum atomic E-state index is -0.629. The van der Waals surface area contributed by atoms with Crippen molar-refractivity contribution in [2.75, 3.05) is 7.11 Å². The van der Waals surface area contributed by atoms with E-state index in [0.717, 1.165) is 37.7 Å². The highest BCUT2D eigenvalue weighted by Gasteiger charge is 2.55. The number of ether oxygens (including phenoxy) is 1. The average Bonchev–Trinajstić information content (AvgIpc) is 3.00. The van der Waals surface area contributed by atoms with Crippen molar-refractivity contribution in [2.45, 2.75) is 50.2 Å². The van der Waals surface area contributed by atoms with Crippen LogP contribution in [0.1, 0.15) is 64.1 Å². The summed E-state index contributed by atoms with van der Waals surface area (Å²) in [6.45, 7) is 0. The number of aliphatic hydroxyl groups excluding tert-OH is 1. The van der Waals surface area contributed by atoms with Crippen molar-refractivity contribution in [1.82, 2.24) is 14.9 Å². The van der Waals surface area contributed by atoms with E-state index in [9.17, 15) is 19.5 Å². The number of aliphatic hydroxyl groups is 1. The number of methoxy groups -OCH3 is 1. The fraction of sp³-hybridized carbons (Fsp3) is 0.353. The number of fused-ring (bicyclic) bond motifs is 1. The molecule has 2 heterocycles. The second-order valence-electron chi connectivity index (χ2n) is 12.3. The summed E-state index contributed by atoms with van der Waals surface area (Å²) in [6.07, 6.45) is 6.32. The van der Waals surface area contributed by atoms with Crippen LogP contribution in [0.3, 0.4) is 0 Å². The third kappa shape index (κ3) is 4.41. The fourth-order valence-corrected chi connectivity index (χ4v) is 8.01. The van der Waals surface area contributed by atoms with Gasteiger partial charge in [-0.05, 0) is 91.8 Å². The Bertz CT molecular complexity index is 1730. The number of benzene rings is 2. The van der Waals surface area contributed by atoms with E-state index < -0.39 is 5.97 Å². The van der Waals surface area contributed by atoms with Crippen LogP contribution < -0.4 is 10.7 Å². The Morgan fingerprint density at radius 2 is 1.71 bits per heavy atom. The van der Waals surface area contributed by atoms with E-state index in [2.05, 4.69) is 10.3 Å². The van der Waals surface area contributed by atoms with Crippen LogP contribution in [0.2, 0.25) is 0 Å². The van der Waals surface area contributed by atoms with Gasteiger partial charge in [0.25, 0.3) is 5.91 Å². The van der Waals surface area contributed by atoms with Crippen LogP contribution in [0.5, 0.6) is 0 Å². The standard InChI is InChI=1S/C34H33N3O5/c1-42-33(41)28-27(30(39)26-8-5-13-35-31(26)37(28)25-6-3-2-4-7-25)16-20-9-11-22(12-10-20)32(40)36-34-17-21-14-23(18-34)29(38)24(15-21)19-34/h2-13,21,23-24,29,38H,14-19H2,1H3,(H,36,40)/t21?,23-,24+,29?,34?. The van der Waals surface area contributed by atoms with E-state index in [1.54, 1.807) is 35.0 Å². The third-order valence-electron chi connectivity index (χ3n) is 9.62. The van der Waals surface area contributed by atoms with Crippen LogP contribution in [0.25, 0.3) is 16.7 Å². The monoisotopic (exact) mass is 563 g/mol. The van der Waals surface area contributed by atoms with E-state index in [4.69, 9.17) is 4.74 Å². The molecule has 214 valence electrons. The Balaban J connectivity index is 1.21. The second kappa shape index (κ2) is 10.2. The first kappa shape index (κ1) is 26.6. The Labute approximate surface area is 243 Å². The number of hydrogen-bond donors (Lipinski definition) is 2. The summed E-state index contributed by atoms with van der Waals surface area (Å²) in [5, 5.41) is 14.4. The summed E-state index contributed by atoms with van der Waals surface area (Å²) in [5.74, 6) is 0.390. The van der Waals surface area contributed by atoms with Gasteiger partial charge in [0.15, 0.2) is 5.43 Å². The molecule has 0 aliphatic heterocycles. The van der Waals surface area contributed by atoms with Crippen molar-refractivity contribution >= 4 is 22.9 Å². The molecule has 1 amide bonds. The number of nitrogens with one attached hydrogen (secondary N) is 1. The number of pyridine rings is 2. The van der Waals surface area contributed by atoms with Gasteiger partial charge < -0.3 is 15.2 Å². The first-order chi connectivity index (χ1) is 20.4. The molecule has 2 aromatic heterocycles. The lowest BCUT2D eigenvalue weighted by molar-refractivity contribution is -0.109. The van der Waals surface area contributed by atoms with Crippen molar-refractivity contribution in [2.24, 2.45) is 17.8 Å². The average molecular weight is 564 g/mol. The van der Waals surface area contributed by atoms with Crippen molar-refractivity contribution < 1.29 is 19.4 Å². The van der Waals surface area contributed by atoms with Crippen LogP contribution >= 0.6 is 0 Å². The third-order valence-corrected chi connectivity index (χ3v) is 9.62. The predicted molar refractivity (Wildman–Crippen MR) is 158 cm³/mol. The number of nitrogens with zero attached hydrogens (tertiary/aromatic N) is 2. The minimum absolute atomic E-state index is 0.114. The highest BCUT2D eigenvalue weighted by atomic mass is 16.5. The van der Waals surface area contributed by atoms with Gasteiger partial charge in [0.05, 0.1) is 18.6 Å². The van der Waals surface area contributed by atoms with Crippen molar-refractivity contribution in [3.05, 3.63) is 106 Å². The number of aromatic nitrogens is 2. The molecule has 0 spiro atoms. The highest BCUT2D eigenvalue weighted by molar-refractivity contribution is 5.95. The molecule has 4 aromatic rings. The molecule has 0 saturated heterocycles. The Morgan fingerprint density at radius 1 is 1.00 bits per heavy atom. The van der Waals surface area contributed by atoms with Crippen molar-refractivity contribution in [3.63, 3.8) is 0 Å². The van der Waals surface area contributed by atoms with E-state index in [1.807, 2.05) is 42.5 Å². The number of hydrogen-bond acceptors (Lipinski definition) is 6. The molecule has 8 nitrogen and oxygen atoms in total. The summed E-state index contributed by atoms with van der Waals surface area (Å²) in [4.78, 5) is 44.8. The van der Waals surface area contributed by atoms with Crippen LogP contribution in [-0.4, -0.2) is 45.3 Å². The molecule has 8 rings (SSSR count). The number of carbonyl (C=O) groups excluding carboxylic acids is 2. The maximum absolute atomic E-state index is 13.8. The van der Waals surface area contributed by atoms with E-state index in [1.165, 1.54) is 7.11 Å². The van der Waals surface area contributed by atoms with Crippen LogP contribution in [0.15, 0.2) is 77.7 Å². The summed E-state index contributed by atoms with van der Waals surface area (Å²) < 4.78 is 6.84. The van der Waals surface area contributed by atoms with Crippen molar-refractivity contribution in [1.29, 1.82) is 0 Å². The molecule has 0 radical (unpaired) electrons. The molecule has 3 unspecified atom stereocenters. The number of carbonyl (C=O) groups is 2. The minimum Gasteiger partial charge on any atom is -0.464 e.